The molecular formula is Cr2O2. The van der Waals surface area contributed by atoms with Gasteiger partial charge in [0.1, 0.15) is 0 Å². The van der Waals surface area contributed by atoms with Gasteiger partial charge in [-0.05, 0) is 0 Å². The van der Waals surface area contributed by atoms with Crippen molar-refractivity contribution in [2.24, 2.45) is 0 Å². The van der Waals surface area contributed by atoms with Crippen molar-refractivity contribution < 1.29 is 40.1 Å². The predicted molar refractivity (Wildman–Crippen MR) is 1.37 cm³/mol. The normalized spacial score (nSPS) is 2.00. The van der Waals surface area contributed by atoms with E-state index in [4.69, 9.17) is 7.61 Å². The van der Waals surface area contributed by atoms with Crippen molar-refractivity contribution in [3.63, 3.8) is 0 Å². The van der Waals surface area contributed by atoms with Crippen LogP contribution in [-0.4, -0.2) is 0 Å². The van der Waals surface area contributed by atoms with Crippen LogP contribution in [0.4, 0.5) is 0 Å². The van der Waals surface area contributed by atoms with Gasteiger partial charge in [-0.3, -0.25) is 0 Å². The van der Waals surface area contributed by atoms with Crippen LogP contribution < -0.4 is 0 Å². The van der Waals surface area contributed by atoms with Gasteiger partial charge in [-0.2, -0.15) is 0 Å². The van der Waals surface area contributed by atoms with Gasteiger partial charge in [0.05, 0.1) is 0 Å². The molecule has 0 rings (SSSR count). The third kappa shape index (κ3) is 16.7. The Morgan fingerprint density at radius 1 is 0.750 bits per heavy atom. The molecule has 0 heterocycles. The molecule has 0 fully saturated rings. The molecule has 4 heavy (non-hydrogen) atoms. The van der Waals surface area contributed by atoms with E-state index >= 15 is 0 Å². The van der Waals surface area contributed by atoms with E-state index in [1.807, 2.05) is 0 Å². The molecule has 0 spiro atoms. The molecule has 4 heteroatoms. The summed E-state index contributed by atoms with van der Waals surface area (Å²) in [6.45, 7) is 0. The van der Waals surface area contributed by atoms with E-state index in [2.05, 4.69) is 0 Å². The van der Waals surface area contributed by atoms with Gasteiger partial charge in [0.15, 0.2) is 0 Å². The van der Waals surface area contributed by atoms with Gasteiger partial charge in [-0.15, -0.1) is 0 Å². The summed E-state index contributed by atoms with van der Waals surface area (Å²) in [4.78, 5) is 0. The van der Waals surface area contributed by atoms with Crippen molar-refractivity contribution in [3.8, 4) is 0 Å². The van der Waals surface area contributed by atoms with Crippen LogP contribution in [0.1, 0.15) is 0 Å². The van der Waals surface area contributed by atoms with Crippen molar-refractivity contribution >= 4 is 0 Å². The maximum absolute atomic E-state index is 8.12. The molecule has 0 atom stereocenters. The van der Waals surface area contributed by atoms with E-state index in [-0.39, 0.29) is 0 Å². The molecule has 0 aliphatic carbocycles. The molecule has 0 bridgehead atoms. The minimum atomic E-state index is 1.38. The summed E-state index contributed by atoms with van der Waals surface area (Å²) in [6.07, 6.45) is 0. The van der Waals surface area contributed by atoms with Crippen LogP contribution in [0.5, 0.6) is 0 Å². The number of rotatable bonds is 0. The van der Waals surface area contributed by atoms with Crippen LogP contribution in [0.15, 0.2) is 0 Å². The summed E-state index contributed by atoms with van der Waals surface area (Å²) in [5.74, 6) is 0. The van der Waals surface area contributed by atoms with Gasteiger partial charge < -0.3 is 0 Å². The van der Waals surface area contributed by atoms with Crippen molar-refractivity contribution in [1.82, 2.24) is 0 Å². The molecule has 0 aromatic carbocycles. The third-order valence-corrected chi connectivity index (χ3v) is 0. The van der Waals surface area contributed by atoms with Crippen LogP contribution >= 0.6 is 0 Å². The molecule has 0 aromatic heterocycles. The SMILES string of the molecule is [O]=[Cr].[O]=[Cr]. The first-order valence-corrected chi connectivity index (χ1v) is 1.37. The van der Waals surface area contributed by atoms with Gasteiger partial charge in [0, 0.05) is 0 Å². The molecule has 2 nitrogen and oxygen atoms in total. The fourth-order valence-corrected chi connectivity index (χ4v) is 0. The van der Waals surface area contributed by atoms with Gasteiger partial charge >= 0.3 is 40.1 Å². The first-order chi connectivity index (χ1) is 2.00. The summed E-state index contributed by atoms with van der Waals surface area (Å²) in [5, 5.41) is 0. The molecular weight excluding hydrogens is 136 g/mol. The van der Waals surface area contributed by atoms with Crippen LogP contribution in [0.2, 0.25) is 0 Å². The monoisotopic (exact) mass is 136 g/mol. The fraction of sp³-hybridized carbons (Fsp3) is 0. The summed E-state index contributed by atoms with van der Waals surface area (Å²) in [6, 6.07) is 0. The molecule has 0 radical (unpaired) electrons. The quantitative estimate of drug-likeness (QED) is 0.460. The molecule has 0 N–H and O–H groups in total. The van der Waals surface area contributed by atoms with Crippen LogP contribution in [0, 0.1) is 0 Å². The Labute approximate surface area is 40.5 Å². The summed E-state index contributed by atoms with van der Waals surface area (Å²) >= 11 is 2.75. The zero-order valence-corrected chi connectivity index (χ0v) is 4.18. The Hall–Kier alpha value is 0.665. The first kappa shape index (κ1) is 8.82. The molecule has 0 aliphatic rings. The minimum absolute atomic E-state index is 1.38. The van der Waals surface area contributed by atoms with Gasteiger partial charge in [-0.1, -0.05) is 0 Å². The van der Waals surface area contributed by atoms with E-state index in [0.717, 1.165) is 0 Å². The topological polar surface area (TPSA) is 34.1 Å². The standard InChI is InChI=1S/2Cr.2O. The van der Waals surface area contributed by atoms with Gasteiger partial charge in [0.2, 0.25) is 0 Å². The molecule has 24 valence electrons. The average molecular weight is 136 g/mol. The Bertz CT molecular complexity index is 6.00. The summed E-state index contributed by atoms with van der Waals surface area (Å²) in [7, 11) is 0. The molecule has 0 unspecified atom stereocenters. The van der Waals surface area contributed by atoms with Crippen LogP contribution in [0.25, 0.3) is 0 Å². The van der Waals surface area contributed by atoms with Crippen molar-refractivity contribution in [1.29, 1.82) is 0 Å². The van der Waals surface area contributed by atoms with E-state index in [0.29, 0.717) is 0 Å². The fourth-order valence-electron chi connectivity index (χ4n) is 0. The zero-order valence-electron chi connectivity index (χ0n) is 1.63. The van der Waals surface area contributed by atoms with Crippen LogP contribution in [0.3, 0.4) is 0 Å². The van der Waals surface area contributed by atoms with Crippen molar-refractivity contribution in [3.05, 3.63) is 0 Å². The predicted octanol–water partition coefficient (Wildman–Crippen LogP) is -0.243. The summed E-state index contributed by atoms with van der Waals surface area (Å²) in [5.41, 5.74) is 0. The average Bonchev–Trinajstić information content (AvgIpc) is 1.50. The van der Waals surface area contributed by atoms with Crippen molar-refractivity contribution in [2.75, 3.05) is 0 Å². The molecule has 0 aliphatic heterocycles. The van der Waals surface area contributed by atoms with E-state index in [1.165, 1.54) is 32.4 Å². The second-order valence-electron chi connectivity index (χ2n) is 0. The molecule has 0 amide bonds. The summed E-state index contributed by atoms with van der Waals surface area (Å²) < 4.78 is 16.2. The van der Waals surface area contributed by atoms with E-state index in [1.54, 1.807) is 0 Å². The van der Waals surface area contributed by atoms with Crippen LogP contribution in [-0.2, 0) is 40.1 Å². The number of hydrogen-bond acceptors (Lipinski definition) is 2. The van der Waals surface area contributed by atoms with E-state index in [9.17, 15) is 0 Å². The first-order valence-electron chi connectivity index (χ1n) is 0.333. The van der Waals surface area contributed by atoms with Gasteiger partial charge in [0.25, 0.3) is 0 Å². The number of hydrogen-bond donors (Lipinski definition) is 0. The third-order valence-electron chi connectivity index (χ3n) is 0. The Balaban J connectivity index is 0. The Morgan fingerprint density at radius 3 is 0.750 bits per heavy atom. The zero-order chi connectivity index (χ0) is 4.00. The second kappa shape index (κ2) is 58.9. The molecule has 0 saturated heterocycles. The van der Waals surface area contributed by atoms with E-state index < -0.39 is 0 Å². The Kier molecular flexibility index (Phi) is 130. The Morgan fingerprint density at radius 2 is 0.750 bits per heavy atom. The molecule has 0 aromatic rings. The second-order valence-corrected chi connectivity index (χ2v) is 0. The maximum atomic E-state index is 8.12. The van der Waals surface area contributed by atoms with Crippen molar-refractivity contribution in [2.45, 2.75) is 0 Å². The van der Waals surface area contributed by atoms with Gasteiger partial charge in [-0.25, -0.2) is 0 Å². The molecule has 0 saturated carbocycles.